The molecule has 0 spiro atoms. The quantitative estimate of drug-likeness (QED) is 0.0710. The molecule has 3 atom stereocenters. The van der Waals surface area contributed by atoms with Crippen molar-refractivity contribution < 1.29 is 23.9 Å². The highest BCUT2D eigenvalue weighted by atomic mass is 28.4. The topological polar surface area (TPSA) is 72.8 Å². The van der Waals surface area contributed by atoms with E-state index in [0.29, 0.717) is 12.0 Å². The normalized spacial score (nSPS) is 18.2. The average molecular weight is 649 g/mol. The van der Waals surface area contributed by atoms with E-state index in [1.807, 2.05) is 42.5 Å². The van der Waals surface area contributed by atoms with Gasteiger partial charge >= 0.3 is 11.9 Å². The molecule has 5 nitrogen and oxygen atoms in total. The van der Waals surface area contributed by atoms with Crippen LogP contribution in [0.3, 0.4) is 0 Å². The molecule has 2 aromatic rings. The third kappa shape index (κ3) is 11.5. The molecular formula is C40H60O5Si. The standard InChI is InChI=1S/C40H60O5Si/c1-8-9-17-29-40(5,45-46(6,7)39(2,3)4)30-28-33-26-27-36(35(33)20-15-10-11-16-21-37(41)42)44-38(43)34-24-22-32(23-25-34)31-18-13-12-14-19-31/h12-14,18-19,22-26,35-36H,8-11,15-17,20-21,27-30H2,1-7H3,(H,41,42)/t35-,36+,40+/m1/s1. The second-order valence-corrected chi connectivity index (χ2v) is 19.8. The molecule has 2 aromatic carbocycles. The number of carboxylic acids is 1. The van der Waals surface area contributed by atoms with Crippen LogP contribution in [0, 0.1) is 5.92 Å². The number of unbranched alkanes of at least 4 members (excludes halogenated alkanes) is 5. The number of aliphatic carboxylic acids is 1. The number of carbonyl (C=O) groups excluding carboxylic acids is 1. The van der Waals surface area contributed by atoms with Gasteiger partial charge in [-0.15, -0.1) is 0 Å². The van der Waals surface area contributed by atoms with Gasteiger partial charge in [0.15, 0.2) is 8.32 Å². The van der Waals surface area contributed by atoms with Crippen molar-refractivity contribution in [2.45, 2.75) is 148 Å². The summed E-state index contributed by atoms with van der Waals surface area (Å²) in [6, 6.07) is 17.9. The largest absolute Gasteiger partial charge is 0.481 e. The number of ether oxygens (including phenoxy) is 1. The molecule has 6 heteroatoms. The summed E-state index contributed by atoms with van der Waals surface area (Å²) in [5.74, 6) is -0.817. The number of rotatable bonds is 19. The summed E-state index contributed by atoms with van der Waals surface area (Å²) >= 11 is 0. The van der Waals surface area contributed by atoms with Gasteiger partial charge in [0.2, 0.25) is 0 Å². The smallest absolute Gasteiger partial charge is 0.338 e. The Kier molecular flexibility index (Phi) is 14.3. The minimum absolute atomic E-state index is 0.146. The molecule has 1 N–H and O–H groups in total. The van der Waals surface area contributed by atoms with E-state index in [9.17, 15) is 9.59 Å². The van der Waals surface area contributed by atoms with E-state index >= 15 is 0 Å². The van der Waals surface area contributed by atoms with Crippen LogP contribution in [0.25, 0.3) is 11.1 Å². The Hall–Kier alpha value is -2.70. The fourth-order valence-electron chi connectivity index (χ4n) is 6.39. The number of hydrogen-bond donors (Lipinski definition) is 1. The van der Waals surface area contributed by atoms with E-state index in [0.717, 1.165) is 62.5 Å². The first-order valence-corrected chi connectivity index (χ1v) is 20.6. The lowest BCUT2D eigenvalue weighted by Crippen LogP contribution is -2.48. The summed E-state index contributed by atoms with van der Waals surface area (Å²) < 4.78 is 13.4. The molecule has 0 aromatic heterocycles. The molecule has 0 unspecified atom stereocenters. The third-order valence-electron chi connectivity index (χ3n) is 10.2. The zero-order valence-corrected chi connectivity index (χ0v) is 30.7. The zero-order chi connectivity index (χ0) is 33.8. The van der Waals surface area contributed by atoms with Crippen LogP contribution in [0.1, 0.15) is 128 Å². The maximum Gasteiger partial charge on any atom is 0.338 e. The van der Waals surface area contributed by atoms with Crippen LogP contribution in [0.4, 0.5) is 0 Å². The molecule has 1 aliphatic carbocycles. The number of esters is 1. The van der Waals surface area contributed by atoms with Gasteiger partial charge in [0, 0.05) is 18.8 Å². The van der Waals surface area contributed by atoms with Gasteiger partial charge in [0.05, 0.1) is 11.2 Å². The summed E-state index contributed by atoms with van der Waals surface area (Å²) in [4.78, 5) is 24.3. The second kappa shape index (κ2) is 17.4. The predicted molar refractivity (Wildman–Crippen MR) is 193 cm³/mol. The van der Waals surface area contributed by atoms with Crippen LogP contribution in [-0.2, 0) is 14.0 Å². The van der Waals surface area contributed by atoms with Crippen molar-refractivity contribution in [3.8, 4) is 11.1 Å². The fraction of sp³-hybridized carbons (Fsp3) is 0.600. The molecule has 0 aliphatic heterocycles. The maximum absolute atomic E-state index is 13.4. The highest BCUT2D eigenvalue weighted by Gasteiger charge is 2.43. The average Bonchev–Trinajstić information content (AvgIpc) is 3.38. The van der Waals surface area contributed by atoms with Gasteiger partial charge in [0.1, 0.15) is 6.10 Å². The highest BCUT2D eigenvalue weighted by molar-refractivity contribution is 6.74. The van der Waals surface area contributed by atoms with Crippen molar-refractivity contribution in [1.82, 2.24) is 0 Å². The number of benzene rings is 2. The van der Waals surface area contributed by atoms with Gasteiger partial charge < -0.3 is 14.3 Å². The summed E-state index contributed by atoms with van der Waals surface area (Å²) in [6.45, 7) is 16.2. The van der Waals surface area contributed by atoms with Crippen molar-refractivity contribution in [2.75, 3.05) is 0 Å². The number of hydrogen-bond acceptors (Lipinski definition) is 4. The molecule has 0 radical (unpaired) electrons. The summed E-state index contributed by atoms with van der Waals surface area (Å²) in [7, 11) is -1.97. The lowest BCUT2D eigenvalue weighted by Gasteiger charge is -2.45. The molecule has 0 amide bonds. The van der Waals surface area contributed by atoms with Crippen LogP contribution < -0.4 is 0 Å². The zero-order valence-electron chi connectivity index (χ0n) is 29.7. The Morgan fingerprint density at radius 1 is 0.848 bits per heavy atom. The van der Waals surface area contributed by atoms with E-state index in [2.05, 4.69) is 65.9 Å². The lowest BCUT2D eigenvalue weighted by atomic mass is 9.85. The summed E-state index contributed by atoms with van der Waals surface area (Å²) in [5.41, 5.74) is 3.98. The Labute approximate surface area is 280 Å². The third-order valence-corrected chi connectivity index (χ3v) is 14.9. The van der Waals surface area contributed by atoms with Gasteiger partial charge in [-0.05, 0) is 80.4 Å². The van der Waals surface area contributed by atoms with Crippen molar-refractivity contribution in [1.29, 1.82) is 0 Å². The number of carbonyl (C=O) groups is 2. The molecule has 0 bridgehead atoms. The minimum atomic E-state index is -1.97. The first-order chi connectivity index (χ1) is 21.7. The van der Waals surface area contributed by atoms with Gasteiger partial charge in [-0.1, -0.05) is 120 Å². The van der Waals surface area contributed by atoms with E-state index in [4.69, 9.17) is 14.3 Å². The molecule has 0 heterocycles. The Morgan fingerprint density at radius 2 is 1.50 bits per heavy atom. The Balaban J connectivity index is 1.71. The minimum Gasteiger partial charge on any atom is -0.481 e. The molecule has 254 valence electrons. The SMILES string of the molecule is CCCCC[C@@](C)(CCC1=CC[C@H](OC(=O)c2ccc(-c3ccccc3)cc2)[C@@H]1CCCCCCC(=O)O)O[Si](C)(C)C(C)(C)C. The lowest BCUT2D eigenvalue weighted by molar-refractivity contribution is -0.137. The van der Waals surface area contributed by atoms with E-state index < -0.39 is 14.3 Å². The Morgan fingerprint density at radius 3 is 2.13 bits per heavy atom. The Bertz CT molecular complexity index is 1260. The van der Waals surface area contributed by atoms with Crippen molar-refractivity contribution in [2.24, 2.45) is 5.92 Å². The van der Waals surface area contributed by atoms with Gasteiger partial charge in [-0.25, -0.2) is 4.79 Å². The van der Waals surface area contributed by atoms with Crippen LogP contribution in [0.15, 0.2) is 66.2 Å². The van der Waals surface area contributed by atoms with Crippen molar-refractivity contribution >= 4 is 20.3 Å². The molecular weight excluding hydrogens is 589 g/mol. The van der Waals surface area contributed by atoms with Gasteiger partial charge in [-0.2, -0.15) is 0 Å². The first kappa shape index (κ1) is 37.8. The summed E-state index contributed by atoms with van der Waals surface area (Å²) in [6.07, 6.45) is 14.2. The van der Waals surface area contributed by atoms with E-state index in [-0.39, 0.29) is 35.1 Å². The monoisotopic (exact) mass is 648 g/mol. The molecule has 46 heavy (non-hydrogen) atoms. The fourth-order valence-corrected chi connectivity index (χ4v) is 8.14. The number of carboxylic acid groups (broad SMARTS) is 1. The molecule has 1 aliphatic rings. The maximum atomic E-state index is 13.4. The summed E-state index contributed by atoms with van der Waals surface area (Å²) in [5, 5.41) is 9.15. The first-order valence-electron chi connectivity index (χ1n) is 17.7. The highest BCUT2D eigenvalue weighted by Crippen LogP contribution is 2.43. The predicted octanol–water partition coefficient (Wildman–Crippen LogP) is 11.4. The van der Waals surface area contributed by atoms with Crippen molar-refractivity contribution in [3.63, 3.8) is 0 Å². The molecule has 0 saturated carbocycles. The second-order valence-electron chi connectivity index (χ2n) is 15.1. The molecule has 0 saturated heterocycles. The van der Waals surface area contributed by atoms with E-state index in [1.165, 1.54) is 24.8 Å². The van der Waals surface area contributed by atoms with Gasteiger partial charge in [0.25, 0.3) is 0 Å². The molecule has 0 fully saturated rings. The van der Waals surface area contributed by atoms with E-state index in [1.54, 1.807) is 0 Å². The van der Waals surface area contributed by atoms with Crippen LogP contribution in [-0.4, -0.2) is 37.1 Å². The molecule has 3 rings (SSSR count). The van der Waals surface area contributed by atoms with Crippen LogP contribution >= 0.6 is 0 Å². The van der Waals surface area contributed by atoms with Crippen molar-refractivity contribution in [3.05, 3.63) is 71.8 Å². The van der Waals surface area contributed by atoms with Crippen LogP contribution in [0.5, 0.6) is 0 Å². The van der Waals surface area contributed by atoms with Crippen LogP contribution in [0.2, 0.25) is 18.1 Å². The van der Waals surface area contributed by atoms with Gasteiger partial charge in [-0.3, -0.25) is 4.79 Å².